The van der Waals surface area contributed by atoms with Crippen LogP contribution in [0.25, 0.3) is 0 Å². The maximum atomic E-state index is 12.6. The van der Waals surface area contributed by atoms with Crippen LogP contribution >= 0.6 is 7.82 Å². The first-order chi connectivity index (χ1) is 28.7. The minimum atomic E-state index is -4.63. The highest BCUT2D eigenvalue weighted by atomic mass is 31.2. The van der Waals surface area contributed by atoms with Crippen molar-refractivity contribution in [2.75, 3.05) is 26.4 Å². The molecule has 336 valence electrons. The summed E-state index contributed by atoms with van der Waals surface area (Å²) in [5, 5.41) is 8.90. The molecule has 0 amide bonds. The Kier molecular flexibility index (Phi) is 40.7. The van der Waals surface area contributed by atoms with Crippen LogP contribution in [-0.4, -0.2) is 60.5 Å². The summed E-state index contributed by atoms with van der Waals surface area (Å²) in [6.07, 6.45) is 56.0. The second kappa shape index (κ2) is 43.0. The molecule has 0 aliphatic rings. The molecule has 0 radical (unpaired) electrons. The van der Waals surface area contributed by atoms with E-state index in [4.69, 9.17) is 29.4 Å². The molecule has 0 saturated carbocycles. The molecular formula is C48H80NO9P. The quantitative estimate of drug-likeness (QED) is 0.0234. The Balaban J connectivity index is 4.31. The van der Waals surface area contributed by atoms with Gasteiger partial charge in [-0.15, -0.1) is 0 Å². The zero-order valence-electron chi connectivity index (χ0n) is 36.6. The lowest BCUT2D eigenvalue weighted by Gasteiger charge is -2.20. The maximum absolute atomic E-state index is 12.6. The fraction of sp³-hybridized carbons (Fsp3) is 0.625. The van der Waals surface area contributed by atoms with Gasteiger partial charge >= 0.3 is 19.8 Å². The monoisotopic (exact) mass is 846 g/mol. The van der Waals surface area contributed by atoms with E-state index >= 15 is 0 Å². The van der Waals surface area contributed by atoms with Crippen molar-refractivity contribution in [3.63, 3.8) is 0 Å². The highest BCUT2D eigenvalue weighted by molar-refractivity contribution is 7.47. The van der Waals surface area contributed by atoms with Gasteiger partial charge in [-0.3, -0.25) is 18.6 Å². The smallest absolute Gasteiger partial charge is 0.472 e. The van der Waals surface area contributed by atoms with Crippen LogP contribution in [0.1, 0.15) is 155 Å². The topological polar surface area (TPSA) is 155 Å². The summed E-state index contributed by atoms with van der Waals surface area (Å²) >= 11 is 0. The van der Waals surface area contributed by atoms with Crippen LogP contribution < -0.4 is 5.73 Å². The molecule has 11 heteroatoms. The zero-order valence-corrected chi connectivity index (χ0v) is 37.4. The summed E-state index contributed by atoms with van der Waals surface area (Å²) < 4.78 is 33.3. The van der Waals surface area contributed by atoms with E-state index in [2.05, 4.69) is 111 Å². The van der Waals surface area contributed by atoms with E-state index < -0.39 is 45.1 Å². The van der Waals surface area contributed by atoms with Crippen molar-refractivity contribution in [2.24, 2.45) is 5.73 Å². The summed E-state index contributed by atoms with van der Waals surface area (Å²) in [5.74, 6) is -1.82. The minimum Gasteiger partial charge on any atom is -0.480 e. The minimum absolute atomic E-state index is 0.00763. The van der Waals surface area contributed by atoms with Crippen LogP contribution in [0.4, 0.5) is 0 Å². The summed E-state index contributed by atoms with van der Waals surface area (Å²) in [5.41, 5.74) is 5.35. The van der Waals surface area contributed by atoms with Gasteiger partial charge in [-0.05, 0) is 89.9 Å². The number of esters is 1. The third kappa shape index (κ3) is 42.8. The van der Waals surface area contributed by atoms with Crippen LogP contribution in [0, 0.1) is 0 Å². The Bertz CT molecular complexity index is 1300. The molecule has 3 unspecified atom stereocenters. The molecule has 10 nitrogen and oxygen atoms in total. The lowest BCUT2D eigenvalue weighted by Crippen LogP contribution is -2.34. The lowest BCUT2D eigenvalue weighted by molar-refractivity contribution is -0.154. The van der Waals surface area contributed by atoms with Crippen LogP contribution in [0.5, 0.6) is 0 Å². The number of carboxylic acid groups (broad SMARTS) is 1. The molecule has 0 spiro atoms. The van der Waals surface area contributed by atoms with Gasteiger partial charge in [0.25, 0.3) is 0 Å². The predicted molar refractivity (Wildman–Crippen MR) is 244 cm³/mol. The van der Waals surface area contributed by atoms with Gasteiger partial charge < -0.3 is 25.2 Å². The Hall–Kier alpha value is -3.11. The molecular weight excluding hydrogens is 766 g/mol. The average Bonchev–Trinajstić information content (AvgIpc) is 3.21. The first-order valence-electron chi connectivity index (χ1n) is 22.3. The molecule has 0 aromatic carbocycles. The number of phosphoric acid groups is 1. The highest BCUT2D eigenvalue weighted by Crippen LogP contribution is 2.43. The Morgan fingerprint density at radius 3 is 1.47 bits per heavy atom. The van der Waals surface area contributed by atoms with Crippen molar-refractivity contribution in [3.05, 3.63) is 97.2 Å². The van der Waals surface area contributed by atoms with Gasteiger partial charge in [0.05, 0.1) is 19.8 Å². The first kappa shape index (κ1) is 55.9. The number of ether oxygens (including phenoxy) is 2. The van der Waals surface area contributed by atoms with Gasteiger partial charge in [0.15, 0.2) is 0 Å². The molecule has 4 N–H and O–H groups in total. The van der Waals surface area contributed by atoms with E-state index in [1.165, 1.54) is 19.3 Å². The predicted octanol–water partition coefficient (Wildman–Crippen LogP) is 12.5. The van der Waals surface area contributed by atoms with Crippen molar-refractivity contribution in [1.82, 2.24) is 0 Å². The third-order valence-electron chi connectivity index (χ3n) is 8.83. The van der Waals surface area contributed by atoms with Gasteiger partial charge in [0.2, 0.25) is 0 Å². The number of nitrogens with two attached hydrogens (primary N) is 1. The molecule has 0 fully saturated rings. The highest BCUT2D eigenvalue weighted by Gasteiger charge is 2.27. The van der Waals surface area contributed by atoms with E-state index in [1.807, 2.05) is 0 Å². The summed E-state index contributed by atoms with van der Waals surface area (Å²) in [6.45, 7) is 3.62. The summed E-state index contributed by atoms with van der Waals surface area (Å²) in [7, 11) is -4.63. The molecule has 0 rings (SSSR count). The lowest BCUT2D eigenvalue weighted by atomic mass is 10.1. The van der Waals surface area contributed by atoms with E-state index in [0.717, 1.165) is 109 Å². The van der Waals surface area contributed by atoms with Crippen LogP contribution in [-0.2, 0) is 32.7 Å². The Morgan fingerprint density at radius 2 is 0.983 bits per heavy atom. The van der Waals surface area contributed by atoms with Crippen molar-refractivity contribution >= 4 is 19.8 Å². The Morgan fingerprint density at radius 1 is 0.559 bits per heavy atom. The maximum Gasteiger partial charge on any atom is 0.472 e. The van der Waals surface area contributed by atoms with Crippen LogP contribution in [0.15, 0.2) is 97.2 Å². The van der Waals surface area contributed by atoms with E-state index in [-0.39, 0.29) is 13.0 Å². The normalized spacial score (nSPS) is 14.8. The molecule has 0 aromatic heterocycles. The number of carbonyl (C=O) groups excluding carboxylic acids is 1. The molecule has 3 atom stereocenters. The van der Waals surface area contributed by atoms with E-state index in [1.54, 1.807) is 0 Å². The number of rotatable bonds is 41. The SMILES string of the molecule is CC/C=C\C/C=C\C/C=C\C/C=C\C/C=C\C/C=C\CCCCCCC(=O)OC(COCCCCCCCC/C=C\C/C=C\CCC)COP(=O)(O)OCC(N)C(=O)O. The standard InChI is InChI=1S/C48H80NO9P/c1-3-5-7-9-11-13-15-17-19-20-21-22-23-24-25-26-27-28-30-32-34-36-38-40-47(50)58-45(43-56-59(53,54)57-44-46(49)48(51)52)42-55-41-39-37-35-33-31-29-18-16-14-12-10-8-6-4-2/h5,7-8,10-11,13-14,16-17,19,21-22,24-25,27-28,45-46H,3-4,6,9,12,15,18,20,23,26,29-44,49H2,1-2H3,(H,51,52)(H,53,54)/b7-5-,10-8-,13-11-,16-14-,19-17-,22-21-,25-24-,28-27-. The van der Waals surface area contributed by atoms with Gasteiger partial charge in [-0.2, -0.15) is 0 Å². The fourth-order valence-corrected chi connectivity index (χ4v) is 6.19. The van der Waals surface area contributed by atoms with Crippen LogP contribution in [0.2, 0.25) is 0 Å². The molecule has 0 aromatic rings. The number of carboxylic acids is 1. The number of phosphoric ester groups is 1. The molecule has 0 saturated heterocycles. The van der Waals surface area contributed by atoms with Crippen molar-refractivity contribution in [3.8, 4) is 0 Å². The number of carbonyl (C=O) groups is 2. The Labute approximate surface area is 358 Å². The van der Waals surface area contributed by atoms with E-state index in [9.17, 15) is 19.0 Å². The summed E-state index contributed by atoms with van der Waals surface area (Å²) in [6, 6.07) is -1.48. The van der Waals surface area contributed by atoms with E-state index in [0.29, 0.717) is 13.0 Å². The van der Waals surface area contributed by atoms with Gasteiger partial charge in [0, 0.05) is 13.0 Å². The molecule has 0 heterocycles. The third-order valence-corrected chi connectivity index (χ3v) is 9.78. The molecule has 0 bridgehead atoms. The van der Waals surface area contributed by atoms with Crippen molar-refractivity contribution in [1.29, 1.82) is 0 Å². The van der Waals surface area contributed by atoms with Crippen molar-refractivity contribution in [2.45, 2.75) is 167 Å². The van der Waals surface area contributed by atoms with Gasteiger partial charge in [-0.1, -0.05) is 156 Å². The van der Waals surface area contributed by atoms with Crippen LogP contribution in [0.3, 0.4) is 0 Å². The number of hydrogen-bond acceptors (Lipinski definition) is 8. The second-order valence-corrected chi connectivity index (χ2v) is 15.9. The second-order valence-electron chi connectivity index (χ2n) is 14.4. The number of unbranched alkanes of at least 4 members (excludes halogenated alkanes) is 11. The average molecular weight is 846 g/mol. The number of aliphatic carboxylic acids is 1. The fourth-order valence-electron chi connectivity index (χ4n) is 5.41. The largest absolute Gasteiger partial charge is 0.480 e. The van der Waals surface area contributed by atoms with Gasteiger partial charge in [0.1, 0.15) is 12.1 Å². The molecule has 0 aliphatic heterocycles. The van der Waals surface area contributed by atoms with Crippen molar-refractivity contribution < 1.29 is 42.7 Å². The zero-order chi connectivity index (χ0) is 43.3. The first-order valence-corrected chi connectivity index (χ1v) is 23.8. The summed E-state index contributed by atoms with van der Waals surface area (Å²) in [4.78, 5) is 33.6. The molecule has 0 aliphatic carbocycles. The number of allylic oxidation sites excluding steroid dienone is 16. The molecule has 59 heavy (non-hydrogen) atoms. The van der Waals surface area contributed by atoms with Gasteiger partial charge in [-0.25, -0.2) is 4.57 Å². The number of hydrogen-bond donors (Lipinski definition) is 3.